The lowest BCUT2D eigenvalue weighted by Gasteiger charge is -2.33. The van der Waals surface area contributed by atoms with E-state index in [1.165, 1.54) is 5.56 Å². The molecule has 148 valence electrons. The Hall–Kier alpha value is -1.92. The summed E-state index contributed by atoms with van der Waals surface area (Å²) >= 11 is 0. The molecule has 2 fully saturated rings. The van der Waals surface area contributed by atoms with Crippen molar-refractivity contribution in [3.63, 3.8) is 0 Å². The summed E-state index contributed by atoms with van der Waals surface area (Å²) in [7, 11) is 2.08. The number of hydrogen-bond acceptors (Lipinski definition) is 4. The molecule has 1 atom stereocenters. The second kappa shape index (κ2) is 9.85. The molecule has 1 unspecified atom stereocenters. The number of carbonyl (C=O) groups is 2. The van der Waals surface area contributed by atoms with Gasteiger partial charge in [0.15, 0.2) is 0 Å². The number of likely N-dealkylation sites (tertiary alicyclic amines) is 1. The first-order valence-electron chi connectivity index (χ1n) is 10.1. The quantitative estimate of drug-likeness (QED) is 0.815. The highest BCUT2D eigenvalue weighted by atomic mass is 16.2. The van der Waals surface area contributed by atoms with Crippen LogP contribution in [0.4, 0.5) is 0 Å². The molecule has 6 heteroatoms. The van der Waals surface area contributed by atoms with Crippen LogP contribution in [-0.2, 0) is 16.1 Å². The third-order valence-corrected chi connectivity index (χ3v) is 5.62. The van der Waals surface area contributed by atoms with Crippen molar-refractivity contribution in [2.24, 2.45) is 5.92 Å². The Labute approximate surface area is 162 Å². The van der Waals surface area contributed by atoms with Crippen LogP contribution in [0.15, 0.2) is 30.3 Å². The predicted molar refractivity (Wildman–Crippen MR) is 106 cm³/mol. The second-order valence-electron chi connectivity index (χ2n) is 7.78. The number of nitrogens with one attached hydrogen (secondary N) is 1. The highest BCUT2D eigenvalue weighted by molar-refractivity contribution is 5.80. The molecule has 0 saturated carbocycles. The molecule has 1 N–H and O–H groups in total. The van der Waals surface area contributed by atoms with Crippen molar-refractivity contribution in [1.82, 2.24) is 20.0 Å². The third-order valence-electron chi connectivity index (χ3n) is 5.62. The molecule has 3 rings (SSSR count). The Morgan fingerprint density at radius 2 is 1.81 bits per heavy atom. The fourth-order valence-corrected chi connectivity index (χ4v) is 3.91. The number of hydrogen-bond donors (Lipinski definition) is 1. The molecule has 1 aromatic rings. The molecular weight excluding hydrogens is 340 g/mol. The highest BCUT2D eigenvalue weighted by Crippen LogP contribution is 2.18. The van der Waals surface area contributed by atoms with Gasteiger partial charge < -0.3 is 15.1 Å². The molecule has 0 aromatic heterocycles. The largest absolute Gasteiger partial charge is 0.355 e. The summed E-state index contributed by atoms with van der Waals surface area (Å²) in [6, 6.07) is 10.4. The molecule has 2 amide bonds. The maximum Gasteiger partial charge on any atom is 0.224 e. The van der Waals surface area contributed by atoms with Gasteiger partial charge in [0.25, 0.3) is 0 Å². The molecule has 0 aliphatic carbocycles. The summed E-state index contributed by atoms with van der Waals surface area (Å²) in [5.41, 5.74) is 1.29. The maximum absolute atomic E-state index is 12.5. The van der Waals surface area contributed by atoms with Crippen molar-refractivity contribution in [1.29, 1.82) is 0 Å². The minimum absolute atomic E-state index is 0.0289. The van der Waals surface area contributed by atoms with E-state index < -0.39 is 0 Å². The van der Waals surface area contributed by atoms with E-state index in [0.29, 0.717) is 13.0 Å². The average Bonchev–Trinajstić information content (AvgIpc) is 2.69. The highest BCUT2D eigenvalue weighted by Gasteiger charge is 2.26. The number of benzene rings is 1. The fraction of sp³-hybridized carbons (Fsp3) is 0.619. The molecule has 2 heterocycles. The Kier molecular flexibility index (Phi) is 7.24. The van der Waals surface area contributed by atoms with Gasteiger partial charge in [0.05, 0.1) is 5.92 Å². The number of piperazine rings is 1. The second-order valence-corrected chi connectivity index (χ2v) is 7.78. The molecule has 0 bridgehead atoms. The third kappa shape index (κ3) is 6.04. The van der Waals surface area contributed by atoms with E-state index >= 15 is 0 Å². The van der Waals surface area contributed by atoms with Gasteiger partial charge in [-0.2, -0.15) is 0 Å². The van der Waals surface area contributed by atoms with Crippen LogP contribution in [0.2, 0.25) is 0 Å². The van der Waals surface area contributed by atoms with Gasteiger partial charge in [-0.15, -0.1) is 0 Å². The van der Waals surface area contributed by atoms with E-state index in [0.717, 1.165) is 58.7 Å². The summed E-state index contributed by atoms with van der Waals surface area (Å²) < 4.78 is 0. The summed E-state index contributed by atoms with van der Waals surface area (Å²) in [6.45, 7) is 6.62. The van der Waals surface area contributed by atoms with E-state index in [-0.39, 0.29) is 17.7 Å². The average molecular weight is 373 g/mol. The van der Waals surface area contributed by atoms with Gasteiger partial charge in [-0.05, 0) is 32.0 Å². The summed E-state index contributed by atoms with van der Waals surface area (Å²) in [5.74, 6) is 0.276. The van der Waals surface area contributed by atoms with Crippen LogP contribution in [0.3, 0.4) is 0 Å². The van der Waals surface area contributed by atoms with E-state index in [1.807, 2.05) is 11.0 Å². The number of amides is 2. The van der Waals surface area contributed by atoms with Crippen LogP contribution in [0, 0.1) is 5.92 Å². The van der Waals surface area contributed by atoms with E-state index in [4.69, 9.17) is 0 Å². The van der Waals surface area contributed by atoms with Gasteiger partial charge >= 0.3 is 0 Å². The van der Waals surface area contributed by atoms with Crippen LogP contribution >= 0.6 is 0 Å². The van der Waals surface area contributed by atoms with Crippen LogP contribution in [0.25, 0.3) is 0 Å². The monoisotopic (exact) mass is 372 g/mol. The zero-order chi connectivity index (χ0) is 19.1. The first kappa shape index (κ1) is 19.8. The molecule has 2 aliphatic rings. The molecule has 0 spiro atoms. The zero-order valence-corrected chi connectivity index (χ0v) is 16.4. The Balaban J connectivity index is 1.38. The van der Waals surface area contributed by atoms with Crippen molar-refractivity contribution in [2.45, 2.75) is 25.8 Å². The lowest BCUT2D eigenvalue weighted by atomic mass is 9.96. The zero-order valence-electron chi connectivity index (χ0n) is 16.4. The van der Waals surface area contributed by atoms with Crippen LogP contribution in [0.5, 0.6) is 0 Å². The van der Waals surface area contributed by atoms with Crippen molar-refractivity contribution in [3.8, 4) is 0 Å². The Morgan fingerprint density at radius 3 is 2.56 bits per heavy atom. The molecule has 1 aromatic carbocycles. The summed E-state index contributed by atoms with van der Waals surface area (Å²) in [5, 5.41) is 2.99. The van der Waals surface area contributed by atoms with Gasteiger partial charge in [-0.25, -0.2) is 0 Å². The van der Waals surface area contributed by atoms with Crippen LogP contribution < -0.4 is 5.32 Å². The predicted octanol–water partition coefficient (Wildman–Crippen LogP) is 1.18. The molecule has 27 heavy (non-hydrogen) atoms. The minimum atomic E-state index is 0.0289. The maximum atomic E-state index is 12.5. The molecule has 0 radical (unpaired) electrons. The lowest BCUT2D eigenvalue weighted by Crippen LogP contribution is -2.48. The molecule has 6 nitrogen and oxygen atoms in total. The Morgan fingerprint density at radius 1 is 1.07 bits per heavy atom. The summed E-state index contributed by atoms with van der Waals surface area (Å²) in [4.78, 5) is 31.3. The minimum Gasteiger partial charge on any atom is -0.355 e. The van der Waals surface area contributed by atoms with Crippen molar-refractivity contribution < 1.29 is 9.59 Å². The van der Waals surface area contributed by atoms with Gasteiger partial charge in [0.2, 0.25) is 11.8 Å². The van der Waals surface area contributed by atoms with Gasteiger partial charge in [0, 0.05) is 52.2 Å². The van der Waals surface area contributed by atoms with E-state index in [1.54, 1.807) is 0 Å². The fourth-order valence-electron chi connectivity index (χ4n) is 3.91. The molecule has 2 aliphatic heterocycles. The van der Waals surface area contributed by atoms with E-state index in [2.05, 4.69) is 46.4 Å². The number of carbonyl (C=O) groups excluding carboxylic acids is 2. The SMILES string of the molecule is CN1CCN(C(=O)CCNC(=O)C2CCCN(Cc3ccccc3)C2)CC1. The molecular formula is C21H32N4O2. The van der Waals surface area contributed by atoms with Gasteiger partial charge in [-0.1, -0.05) is 30.3 Å². The van der Waals surface area contributed by atoms with Crippen LogP contribution in [0.1, 0.15) is 24.8 Å². The van der Waals surface area contributed by atoms with Crippen molar-refractivity contribution >= 4 is 11.8 Å². The number of likely N-dealkylation sites (N-methyl/N-ethyl adjacent to an activating group) is 1. The van der Waals surface area contributed by atoms with E-state index in [9.17, 15) is 9.59 Å². The number of piperidine rings is 1. The smallest absolute Gasteiger partial charge is 0.224 e. The first-order valence-corrected chi connectivity index (χ1v) is 10.1. The summed E-state index contributed by atoms with van der Waals surface area (Å²) in [6.07, 6.45) is 2.38. The van der Waals surface area contributed by atoms with Crippen molar-refractivity contribution in [3.05, 3.63) is 35.9 Å². The number of nitrogens with zero attached hydrogens (tertiary/aromatic N) is 3. The standard InChI is InChI=1S/C21H32N4O2/c1-23-12-14-25(15-13-23)20(26)9-10-22-21(27)19-8-5-11-24(17-19)16-18-6-3-2-4-7-18/h2-4,6-7,19H,5,8-17H2,1H3,(H,22,27). The Bertz CT molecular complexity index is 614. The van der Waals surface area contributed by atoms with Crippen molar-refractivity contribution in [2.75, 3.05) is 52.9 Å². The lowest BCUT2D eigenvalue weighted by molar-refractivity contribution is -0.133. The van der Waals surface area contributed by atoms with Crippen LogP contribution in [-0.4, -0.2) is 79.4 Å². The normalized spacial score (nSPS) is 21.8. The molecule has 2 saturated heterocycles. The van der Waals surface area contributed by atoms with Gasteiger partial charge in [0.1, 0.15) is 0 Å². The number of rotatable bonds is 6. The van der Waals surface area contributed by atoms with Gasteiger partial charge in [-0.3, -0.25) is 14.5 Å². The topological polar surface area (TPSA) is 55.9 Å². The first-order chi connectivity index (χ1) is 13.1.